The van der Waals surface area contributed by atoms with Crippen molar-refractivity contribution in [2.24, 2.45) is 0 Å². The van der Waals surface area contributed by atoms with E-state index < -0.39 is 0 Å². The number of thioether (sulfide) groups is 1. The molecule has 0 saturated carbocycles. The molecule has 2 amide bonds. The Morgan fingerprint density at radius 2 is 2.08 bits per heavy atom. The zero-order chi connectivity index (χ0) is 18.2. The average Bonchev–Trinajstić information content (AvgIpc) is 3.06. The van der Waals surface area contributed by atoms with Crippen LogP contribution in [0.4, 0.5) is 11.4 Å². The minimum atomic E-state index is -0.368. The van der Waals surface area contributed by atoms with Gasteiger partial charge in [0.25, 0.3) is 0 Å². The number of amides is 2. The SMILES string of the molecule is CCN(c1ccc(NC(=O)[C@H]2CS[C@]3(C)CCC(=O)N23)cc1)C(C)C. The van der Waals surface area contributed by atoms with Crippen molar-refractivity contribution in [3.05, 3.63) is 24.3 Å². The van der Waals surface area contributed by atoms with Gasteiger partial charge in [0, 0.05) is 36.1 Å². The van der Waals surface area contributed by atoms with Crippen molar-refractivity contribution < 1.29 is 9.59 Å². The highest BCUT2D eigenvalue weighted by atomic mass is 32.2. The third kappa shape index (κ3) is 3.36. The second-order valence-electron chi connectivity index (χ2n) is 7.18. The molecule has 5 nitrogen and oxygen atoms in total. The monoisotopic (exact) mass is 361 g/mol. The molecule has 2 atom stereocenters. The lowest BCUT2D eigenvalue weighted by atomic mass is 10.2. The molecule has 2 fully saturated rings. The van der Waals surface area contributed by atoms with Gasteiger partial charge >= 0.3 is 0 Å². The van der Waals surface area contributed by atoms with Crippen molar-refractivity contribution in [1.82, 2.24) is 4.90 Å². The van der Waals surface area contributed by atoms with Gasteiger partial charge in [0.15, 0.2) is 0 Å². The maximum absolute atomic E-state index is 12.7. The van der Waals surface area contributed by atoms with Crippen LogP contribution in [-0.2, 0) is 9.59 Å². The molecule has 0 spiro atoms. The smallest absolute Gasteiger partial charge is 0.248 e. The number of hydrogen-bond acceptors (Lipinski definition) is 4. The summed E-state index contributed by atoms with van der Waals surface area (Å²) in [6.07, 6.45) is 1.38. The Morgan fingerprint density at radius 1 is 1.40 bits per heavy atom. The fourth-order valence-electron chi connectivity index (χ4n) is 3.82. The summed E-state index contributed by atoms with van der Waals surface area (Å²) in [5.74, 6) is 0.678. The fourth-order valence-corrected chi connectivity index (χ4v) is 5.25. The van der Waals surface area contributed by atoms with Gasteiger partial charge in [0.1, 0.15) is 6.04 Å². The summed E-state index contributed by atoms with van der Waals surface area (Å²) in [4.78, 5) is 28.8. The van der Waals surface area contributed by atoms with E-state index in [0.29, 0.717) is 18.2 Å². The molecule has 25 heavy (non-hydrogen) atoms. The van der Waals surface area contributed by atoms with E-state index in [9.17, 15) is 9.59 Å². The first-order valence-electron chi connectivity index (χ1n) is 8.99. The zero-order valence-electron chi connectivity index (χ0n) is 15.4. The molecule has 2 aliphatic heterocycles. The Hall–Kier alpha value is -1.69. The maximum Gasteiger partial charge on any atom is 0.248 e. The highest BCUT2D eigenvalue weighted by molar-refractivity contribution is 8.01. The topological polar surface area (TPSA) is 52.7 Å². The molecule has 6 heteroatoms. The Kier molecular flexibility index (Phi) is 5.00. The van der Waals surface area contributed by atoms with Gasteiger partial charge in [-0.1, -0.05) is 0 Å². The van der Waals surface area contributed by atoms with Gasteiger partial charge in [0.05, 0.1) is 4.87 Å². The standard InChI is InChI=1S/C19H27N3O2S/c1-5-21(13(2)3)15-8-6-14(7-9-15)20-18(24)16-12-25-19(4)11-10-17(23)22(16)19/h6-9,13,16H,5,10-12H2,1-4H3,(H,20,24)/t16-,19-/m1/s1. The third-order valence-corrected chi connectivity index (χ3v) is 6.68. The largest absolute Gasteiger partial charge is 0.369 e. The van der Waals surface area contributed by atoms with Crippen molar-refractivity contribution in [1.29, 1.82) is 0 Å². The summed E-state index contributed by atoms with van der Waals surface area (Å²) >= 11 is 1.72. The molecule has 2 heterocycles. The summed E-state index contributed by atoms with van der Waals surface area (Å²) in [6.45, 7) is 9.48. The number of carbonyl (C=O) groups excluding carboxylic acids is 2. The van der Waals surface area contributed by atoms with E-state index >= 15 is 0 Å². The van der Waals surface area contributed by atoms with E-state index in [-0.39, 0.29) is 22.7 Å². The first-order chi connectivity index (χ1) is 11.9. The summed E-state index contributed by atoms with van der Waals surface area (Å²) in [7, 11) is 0. The molecule has 3 rings (SSSR count). The van der Waals surface area contributed by atoms with E-state index in [0.717, 1.165) is 24.3 Å². The van der Waals surface area contributed by atoms with Crippen molar-refractivity contribution in [3.8, 4) is 0 Å². The second-order valence-corrected chi connectivity index (χ2v) is 8.68. The minimum absolute atomic E-state index is 0.0876. The van der Waals surface area contributed by atoms with Crippen LogP contribution in [0.15, 0.2) is 24.3 Å². The number of hydrogen-bond donors (Lipinski definition) is 1. The first kappa shape index (κ1) is 18.1. The molecule has 1 N–H and O–H groups in total. The van der Waals surface area contributed by atoms with Crippen molar-refractivity contribution in [2.45, 2.75) is 57.5 Å². The van der Waals surface area contributed by atoms with Gasteiger partial charge in [-0.2, -0.15) is 0 Å². The van der Waals surface area contributed by atoms with Crippen LogP contribution in [-0.4, -0.2) is 46.0 Å². The van der Waals surface area contributed by atoms with E-state index in [1.807, 2.05) is 24.3 Å². The number of anilines is 2. The van der Waals surface area contributed by atoms with E-state index in [4.69, 9.17) is 0 Å². The first-order valence-corrected chi connectivity index (χ1v) is 9.98. The fraction of sp³-hybridized carbons (Fsp3) is 0.579. The normalized spacial score (nSPS) is 25.4. The molecule has 2 aliphatic rings. The molecule has 0 aromatic heterocycles. The summed E-state index contributed by atoms with van der Waals surface area (Å²) in [6, 6.07) is 8.00. The molecular formula is C19H27N3O2S. The maximum atomic E-state index is 12.7. The molecule has 136 valence electrons. The Labute approximate surface area is 154 Å². The Morgan fingerprint density at radius 3 is 2.68 bits per heavy atom. The Balaban J connectivity index is 1.68. The molecule has 0 radical (unpaired) electrons. The molecule has 1 aromatic carbocycles. The van der Waals surface area contributed by atoms with E-state index in [1.54, 1.807) is 16.7 Å². The molecular weight excluding hydrogens is 334 g/mol. The van der Waals surface area contributed by atoms with Gasteiger partial charge < -0.3 is 15.1 Å². The quantitative estimate of drug-likeness (QED) is 0.874. The highest BCUT2D eigenvalue weighted by Gasteiger charge is 2.52. The lowest BCUT2D eigenvalue weighted by Gasteiger charge is -2.30. The lowest BCUT2D eigenvalue weighted by Crippen LogP contribution is -2.48. The van der Waals surface area contributed by atoms with Crippen LogP contribution in [0.25, 0.3) is 0 Å². The summed E-state index contributed by atoms with van der Waals surface area (Å²) in [5, 5.41) is 2.98. The predicted octanol–water partition coefficient (Wildman–Crippen LogP) is 3.31. The molecule has 2 saturated heterocycles. The highest BCUT2D eigenvalue weighted by Crippen LogP contribution is 2.47. The number of carbonyl (C=O) groups is 2. The Bertz CT molecular complexity index is 661. The van der Waals surface area contributed by atoms with Crippen LogP contribution in [0.2, 0.25) is 0 Å². The van der Waals surface area contributed by atoms with Crippen LogP contribution in [0, 0.1) is 0 Å². The van der Waals surface area contributed by atoms with Gasteiger partial charge in [-0.05, 0) is 58.4 Å². The van der Waals surface area contributed by atoms with Crippen LogP contribution in [0.1, 0.15) is 40.5 Å². The predicted molar refractivity (Wildman–Crippen MR) is 104 cm³/mol. The van der Waals surface area contributed by atoms with Crippen LogP contribution >= 0.6 is 11.8 Å². The molecule has 0 unspecified atom stereocenters. The second kappa shape index (κ2) is 6.90. The number of nitrogens with zero attached hydrogens (tertiary/aromatic N) is 2. The molecule has 1 aromatic rings. The molecule has 0 aliphatic carbocycles. The van der Waals surface area contributed by atoms with Crippen molar-refractivity contribution in [2.75, 3.05) is 22.5 Å². The van der Waals surface area contributed by atoms with Gasteiger partial charge in [-0.25, -0.2) is 0 Å². The van der Waals surface area contributed by atoms with Crippen LogP contribution in [0.3, 0.4) is 0 Å². The van der Waals surface area contributed by atoms with Crippen LogP contribution < -0.4 is 10.2 Å². The third-order valence-electron chi connectivity index (χ3n) is 5.18. The number of benzene rings is 1. The summed E-state index contributed by atoms with van der Waals surface area (Å²) < 4.78 is 0. The zero-order valence-corrected chi connectivity index (χ0v) is 16.2. The number of nitrogens with one attached hydrogen (secondary N) is 1. The van der Waals surface area contributed by atoms with E-state index in [2.05, 4.69) is 37.9 Å². The van der Waals surface area contributed by atoms with E-state index in [1.165, 1.54) is 0 Å². The number of fused-ring (bicyclic) bond motifs is 1. The minimum Gasteiger partial charge on any atom is -0.369 e. The van der Waals surface area contributed by atoms with Gasteiger partial charge in [-0.3, -0.25) is 9.59 Å². The van der Waals surface area contributed by atoms with Gasteiger partial charge in [-0.15, -0.1) is 11.8 Å². The lowest BCUT2D eigenvalue weighted by molar-refractivity contribution is -0.135. The van der Waals surface area contributed by atoms with Crippen molar-refractivity contribution in [3.63, 3.8) is 0 Å². The number of rotatable bonds is 5. The molecule has 0 bridgehead atoms. The van der Waals surface area contributed by atoms with Crippen LogP contribution in [0.5, 0.6) is 0 Å². The summed E-state index contributed by atoms with van der Waals surface area (Å²) in [5.41, 5.74) is 1.92. The average molecular weight is 362 g/mol. The van der Waals surface area contributed by atoms with Gasteiger partial charge in [0.2, 0.25) is 11.8 Å². The van der Waals surface area contributed by atoms with Crippen molar-refractivity contribution >= 4 is 35.0 Å².